The van der Waals surface area contributed by atoms with E-state index in [0.29, 0.717) is 5.75 Å². The first-order chi connectivity index (χ1) is 9.69. The molecule has 0 N–H and O–H groups in total. The van der Waals surface area contributed by atoms with Crippen molar-refractivity contribution < 1.29 is 4.79 Å². The van der Waals surface area contributed by atoms with Gasteiger partial charge in [0.1, 0.15) is 5.37 Å². The Morgan fingerprint density at radius 1 is 1.40 bits per heavy atom. The summed E-state index contributed by atoms with van der Waals surface area (Å²) in [5, 5.41) is 0.853. The number of benzene rings is 1. The third-order valence-corrected chi connectivity index (χ3v) is 4.91. The van der Waals surface area contributed by atoms with Crippen LogP contribution in [-0.2, 0) is 4.79 Å². The van der Waals surface area contributed by atoms with Gasteiger partial charge >= 0.3 is 0 Å². The van der Waals surface area contributed by atoms with E-state index in [1.807, 2.05) is 46.9 Å². The van der Waals surface area contributed by atoms with Gasteiger partial charge in [0, 0.05) is 35.2 Å². The van der Waals surface area contributed by atoms with Crippen molar-refractivity contribution in [3.63, 3.8) is 0 Å². The molecule has 1 aliphatic rings. The van der Waals surface area contributed by atoms with Crippen LogP contribution in [0.25, 0.3) is 5.69 Å². The Morgan fingerprint density at radius 3 is 3.00 bits per heavy atom. The second-order valence-corrected chi connectivity index (χ2v) is 6.18. The molecule has 5 heteroatoms. The molecule has 2 aromatic rings. The third kappa shape index (κ3) is 2.45. The summed E-state index contributed by atoms with van der Waals surface area (Å²) in [6.07, 6.45) is 4.09. The van der Waals surface area contributed by atoms with Crippen molar-refractivity contribution in [1.29, 1.82) is 0 Å². The van der Waals surface area contributed by atoms with Crippen LogP contribution in [0.1, 0.15) is 17.9 Å². The number of carbonyl (C=O) groups is 1. The number of amides is 1. The van der Waals surface area contributed by atoms with Crippen molar-refractivity contribution in [2.24, 2.45) is 0 Å². The molecule has 1 aromatic carbocycles. The molecule has 1 atom stereocenters. The quantitative estimate of drug-likeness (QED) is 0.863. The molecule has 20 heavy (non-hydrogen) atoms. The second-order valence-electron chi connectivity index (χ2n) is 4.68. The van der Waals surface area contributed by atoms with E-state index < -0.39 is 0 Å². The summed E-state index contributed by atoms with van der Waals surface area (Å²) in [6.45, 7) is 2.77. The lowest BCUT2D eigenvalue weighted by atomic mass is 10.3. The van der Waals surface area contributed by atoms with E-state index in [4.69, 9.17) is 11.6 Å². The van der Waals surface area contributed by atoms with Crippen LogP contribution in [0.4, 0.5) is 0 Å². The zero-order valence-electron chi connectivity index (χ0n) is 11.1. The summed E-state index contributed by atoms with van der Waals surface area (Å²) in [6, 6.07) is 9.80. The average Bonchev–Trinajstić information content (AvgIpc) is 3.04. The van der Waals surface area contributed by atoms with E-state index in [9.17, 15) is 4.79 Å². The molecular weight excluding hydrogens is 292 g/mol. The minimum atomic E-state index is 0.132. The number of halogens is 1. The van der Waals surface area contributed by atoms with Crippen LogP contribution in [0.3, 0.4) is 0 Å². The topological polar surface area (TPSA) is 25.2 Å². The van der Waals surface area contributed by atoms with Crippen LogP contribution in [0.2, 0.25) is 5.02 Å². The van der Waals surface area contributed by atoms with Crippen molar-refractivity contribution in [3.8, 4) is 5.69 Å². The zero-order chi connectivity index (χ0) is 14.1. The van der Waals surface area contributed by atoms with Gasteiger partial charge in [0.25, 0.3) is 0 Å². The highest BCUT2D eigenvalue weighted by Gasteiger charge is 2.31. The Labute approximate surface area is 127 Å². The number of aromatic nitrogens is 1. The number of carbonyl (C=O) groups excluding carboxylic acids is 1. The molecule has 0 aliphatic carbocycles. The smallest absolute Gasteiger partial charge is 0.233 e. The Balaban J connectivity index is 1.89. The van der Waals surface area contributed by atoms with Crippen LogP contribution < -0.4 is 0 Å². The van der Waals surface area contributed by atoms with Crippen LogP contribution in [-0.4, -0.2) is 27.7 Å². The largest absolute Gasteiger partial charge is 0.326 e. The highest BCUT2D eigenvalue weighted by atomic mass is 35.5. The summed E-state index contributed by atoms with van der Waals surface area (Å²) in [7, 11) is 0. The van der Waals surface area contributed by atoms with Crippen LogP contribution in [0.15, 0.2) is 42.7 Å². The van der Waals surface area contributed by atoms with Gasteiger partial charge in [0.15, 0.2) is 0 Å². The summed E-state index contributed by atoms with van der Waals surface area (Å²) in [5.74, 6) is 0.791. The standard InChI is InChI=1S/C15H15ClN2OS/c1-2-18-14(19)10-20-15(18)11-6-7-17(9-11)13-5-3-4-12(16)8-13/h3-9,15H,2,10H2,1H3/t15-/m1/s1. The first-order valence-electron chi connectivity index (χ1n) is 6.54. The number of hydrogen-bond acceptors (Lipinski definition) is 2. The van der Waals surface area contributed by atoms with Gasteiger partial charge in [-0.05, 0) is 31.2 Å². The monoisotopic (exact) mass is 306 g/mol. The molecule has 3 nitrogen and oxygen atoms in total. The molecule has 104 valence electrons. The highest BCUT2D eigenvalue weighted by molar-refractivity contribution is 8.00. The molecule has 0 saturated carbocycles. The van der Waals surface area contributed by atoms with Gasteiger partial charge in [0.05, 0.1) is 5.75 Å². The predicted octanol–water partition coefficient (Wildman–Crippen LogP) is 3.72. The first kappa shape index (κ1) is 13.6. The zero-order valence-corrected chi connectivity index (χ0v) is 12.7. The fourth-order valence-corrected chi connectivity index (χ4v) is 3.86. The molecule has 0 unspecified atom stereocenters. The lowest BCUT2D eigenvalue weighted by Crippen LogP contribution is -2.27. The van der Waals surface area contributed by atoms with Gasteiger partial charge < -0.3 is 9.47 Å². The maximum absolute atomic E-state index is 11.8. The number of thioether (sulfide) groups is 1. The van der Waals surface area contributed by atoms with E-state index in [1.165, 1.54) is 0 Å². The molecule has 0 radical (unpaired) electrons. The predicted molar refractivity (Wildman–Crippen MR) is 83.4 cm³/mol. The van der Waals surface area contributed by atoms with E-state index in [1.54, 1.807) is 11.8 Å². The highest BCUT2D eigenvalue weighted by Crippen LogP contribution is 2.38. The lowest BCUT2D eigenvalue weighted by molar-refractivity contribution is -0.127. The van der Waals surface area contributed by atoms with Gasteiger partial charge in [-0.25, -0.2) is 0 Å². The molecule has 3 rings (SSSR count). The van der Waals surface area contributed by atoms with E-state index in [0.717, 1.165) is 22.8 Å². The minimum Gasteiger partial charge on any atom is -0.326 e. The average molecular weight is 307 g/mol. The number of rotatable bonds is 3. The Hall–Kier alpha value is -1.39. The SMILES string of the molecule is CCN1C(=O)CS[C@@H]1c1ccn(-c2cccc(Cl)c2)c1. The summed E-state index contributed by atoms with van der Waals surface area (Å²) < 4.78 is 2.04. The van der Waals surface area contributed by atoms with Crippen molar-refractivity contribution >= 4 is 29.3 Å². The maximum Gasteiger partial charge on any atom is 0.233 e. The van der Waals surface area contributed by atoms with Gasteiger partial charge in [0.2, 0.25) is 5.91 Å². The van der Waals surface area contributed by atoms with Crippen molar-refractivity contribution in [2.45, 2.75) is 12.3 Å². The summed E-state index contributed by atoms with van der Waals surface area (Å²) >= 11 is 7.71. The normalized spacial score (nSPS) is 18.8. The molecule has 0 bridgehead atoms. The minimum absolute atomic E-state index is 0.132. The second kappa shape index (κ2) is 5.54. The molecular formula is C15H15ClN2OS. The van der Waals surface area contributed by atoms with Crippen molar-refractivity contribution in [1.82, 2.24) is 9.47 Å². The number of nitrogens with zero attached hydrogens (tertiary/aromatic N) is 2. The van der Waals surface area contributed by atoms with Gasteiger partial charge in [-0.15, -0.1) is 11.8 Å². The van der Waals surface area contributed by atoms with E-state index in [2.05, 4.69) is 12.3 Å². The van der Waals surface area contributed by atoms with Gasteiger partial charge in [-0.2, -0.15) is 0 Å². The molecule has 1 amide bonds. The number of hydrogen-bond donors (Lipinski definition) is 0. The van der Waals surface area contributed by atoms with E-state index >= 15 is 0 Å². The van der Waals surface area contributed by atoms with Crippen LogP contribution >= 0.6 is 23.4 Å². The summed E-state index contributed by atoms with van der Waals surface area (Å²) in [5.41, 5.74) is 2.18. The van der Waals surface area contributed by atoms with Crippen LogP contribution in [0.5, 0.6) is 0 Å². The van der Waals surface area contributed by atoms with Gasteiger partial charge in [-0.1, -0.05) is 17.7 Å². The Kier molecular flexibility index (Phi) is 3.76. The fourth-order valence-electron chi connectivity index (χ4n) is 2.43. The first-order valence-corrected chi connectivity index (χ1v) is 7.96. The van der Waals surface area contributed by atoms with Crippen LogP contribution in [0, 0.1) is 0 Å². The van der Waals surface area contributed by atoms with Crippen molar-refractivity contribution in [2.75, 3.05) is 12.3 Å². The fraction of sp³-hybridized carbons (Fsp3) is 0.267. The summed E-state index contributed by atoms with van der Waals surface area (Å²) in [4.78, 5) is 13.7. The molecule has 0 spiro atoms. The molecule has 1 fully saturated rings. The van der Waals surface area contributed by atoms with Crippen molar-refractivity contribution in [3.05, 3.63) is 53.3 Å². The molecule has 2 heterocycles. The molecule has 1 aromatic heterocycles. The van der Waals surface area contributed by atoms with Gasteiger partial charge in [-0.3, -0.25) is 4.79 Å². The maximum atomic E-state index is 11.8. The van der Waals surface area contributed by atoms with E-state index in [-0.39, 0.29) is 11.3 Å². The lowest BCUT2D eigenvalue weighted by Gasteiger charge is -2.21. The third-order valence-electron chi connectivity index (χ3n) is 3.42. The molecule has 1 saturated heterocycles. The Morgan fingerprint density at radius 2 is 2.25 bits per heavy atom. The molecule has 1 aliphatic heterocycles. The Bertz CT molecular complexity index is 640.